The average Bonchev–Trinajstić information content (AvgIpc) is 2.61. The summed E-state index contributed by atoms with van der Waals surface area (Å²) in [4.78, 5) is 5.11. The van der Waals surface area contributed by atoms with Crippen molar-refractivity contribution in [1.82, 2.24) is 5.48 Å². The van der Waals surface area contributed by atoms with Crippen LogP contribution in [-0.4, -0.2) is 14.9 Å². The van der Waals surface area contributed by atoms with Gasteiger partial charge in [0.1, 0.15) is 0 Å². The summed E-state index contributed by atoms with van der Waals surface area (Å²) in [5, 5.41) is 11.1. The fraction of sp³-hybridized carbons (Fsp3) is 0.400. The molecular formula is C10H8Cl5NO2. The van der Waals surface area contributed by atoms with Gasteiger partial charge < -0.3 is 5.11 Å². The van der Waals surface area contributed by atoms with Gasteiger partial charge in [0.05, 0.1) is 11.1 Å². The highest BCUT2D eigenvalue weighted by Crippen LogP contribution is 2.43. The zero-order valence-corrected chi connectivity index (χ0v) is 12.5. The molecule has 0 amide bonds. The molecule has 1 aromatic carbocycles. The molecule has 1 aliphatic rings. The third-order valence-electron chi connectivity index (χ3n) is 2.60. The van der Waals surface area contributed by atoms with Crippen LogP contribution in [0.15, 0.2) is 18.2 Å². The van der Waals surface area contributed by atoms with Crippen molar-refractivity contribution in [3.8, 4) is 0 Å². The summed E-state index contributed by atoms with van der Waals surface area (Å²) in [7, 11) is 0. The summed E-state index contributed by atoms with van der Waals surface area (Å²) < 4.78 is -1.59. The molecule has 8 heteroatoms. The van der Waals surface area contributed by atoms with Gasteiger partial charge in [-0.05, 0) is 12.1 Å². The molecule has 1 aromatic rings. The molecule has 0 aromatic heterocycles. The summed E-state index contributed by atoms with van der Waals surface area (Å²) in [6, 6.07) is 4.00. The number of benzene rings is 1. The van der Waals surface area contributed by atoms with Gasteiger partial charge in [-0.15, -0.1) is 0 Å². The highest BCUT2D eigenvalue weighted by atomic mass is 35.6. The molecule has 1 aliphatic heterocycles. The molecule has 0 spiro atoms. The van der Waals surface area contributed by atoms with Crippen LogP contribution in [0, 0.1) is 0 Å². The standard InChI is InChI=1S/C10H8Cl5NO2/c11-5-1-2-6(7(12)3-5)9(17)4-8(16-18-9)10(13,14)15/h1-3,8,16-17H,4H2/t8-,9-/m0/s1. The van der Waals surface area contributed by atoms with Gasteiger partial charge in [0.2, 0.25) is 9.58 Å². The lowest BCUT2D eigenvalue weighted by molar-refractivity contribution is -0.209. The first-order chi connectivity index (χ1) is 8.22. The van der Waals surface area contributed by atoms with Crippen LogP contribution in [0.25, 0.3) is 0 Å². The first-order valence-corrected chi connectivity index (χ1v) is 6.79. The summed E-state index contributed by atoms with van der Waals surface area (Å²) in [5.41, 5.74) is 2.85. The highest BCUT2D eigenvalue weighted by Gasteiger charge is 2.49. The predicted octanol–water partition coefficient (Wildman–Crippen LogP) is 3.80. The van der Waals surface area contributed by atoms with Crippen molar-refractivity contribution in [2.75, 3.05) is 0 Å². The average molecular weight is 351 g/mol. The van der Waals surface area contributed by atoms with Crippen LogP contribution >= 0.6 is 58.0 Å². The quantitative estimate of drug-likeness (QED) is 0.756. The van der Waals surface area contributed by atoms with Gasteiger partial charge in [0.25, 0.3) is 0 Å². The highest BCUT2D eigenvalue weighted by molar-refractivity contribution is 6.68. The SMILES string of the molecule is O[C@@]1(c2ccc(Cl)cc2Cl)C[C@@H](C(Cl)(Cl)Cl)NO1. The second-order valence-corrected chi connectivity index (χ2v) is 7.14. The summed E-state index contributed by atoms with van der Waals surface area (Å²) >= 11 is 29.0. The normalized spacial score (nSPS) is 28.7. The van der Waals surface area contributed by atoms with Gasteiger partial charge in [-0.2, -0.15) is 5.48 Å². The van der Waals surface area contributed by atoms with Crippen LogP contribution in [0.2, 0.25) is 10.0 Å². The van der Waals surface area contributed by atoms with Crippen molar-refractivity contribution in [2.24, 2.45) is 0 Å². The van der Waals surface area contributed by atoms with E-state index in [9.17, 15) is 5.11 Å². The van der Waals surface area contributed by atoms with E-state index in [1.807, 2.05) is 0 Å². The minimum atomic E-state index is -1.66. The second-order valence-electron chi connectivity index (χ2n) is 3.93. The second kappa shape index (κ2) is 5.15. The fourth-order valence-electron chi connectivity index (χ4n) is 1.68. The molecule has 0 radical (unpaired) electrons. The monoisotopic (exact) mass is 349 g/mol. The molecule has 1 heterocycles. The van der Waals surface area contributed by atoms with E-state index in [0.29, 0.717) is 10.6 Å². The molecule has 1 fully saturated rings. The van der Waals surface area contributed by atoms with Gasteiger partial charge in [-0.25, -0.2) is 0 Å². The Labute approximate surface area is 129 Å². The number of hydrogen-bond donors (Lipinski definition) is 2. The van der Waals surface area contributed by atoms with Crippen molar-refractivity contribution in [3.05, 3.63) is 33.8 Å². The Bertz CT molecular complexity index is 464. The van der Waals surface area contributed by atoms with Crippen molar-refractivity contribution in [1.29, 1.82) is 0 Å². The molecule has 3 nitrogen and oxygen atoms in total. The van der Waals surface area contributed by atoms with Gasteiger partial charge in [0, 0.05) is 17.0 Å². The van der Waals surface area contributed by atoms with E-state index in [-0.39, 0.29) is 11.4 Å². The molecular weight excluding hydrogens is 343 g/mol. The fourth-order valence-corrected chi connectivity index (χ4v) is 2.60. The van der Waals surface area contributed by atoms with Crippen molar-refractivity contribution in [3.63, 3.8) is 0 Å². The van der Waals surface area contributed by atoms with Crippen molar-refractivity contribution in [2.45, 2.75) is 22.0 Å². The lowest BCUT2D eigenvalue weighted by Gasteiger charge is -2.22. The third-order valence-corrected chi connectivity index (χ3v) is 3.94. The van der Waals surface area contributed by atoms with E-state index in [2.05, 4.69) is 5.48 Å². The Hall–Kier alpha value is 0.550. The summed E-state index contributed by atoms with van der Waals surface area (Å²) in [6.07, 6.45) is 0.0465. The molecule has 2 rings (SSSR count). The summed E-state index contributed by atoms with van der Waals surface area (Å²) in [6.45, 7) is 0. The molecule has 0 saturated carbocycles. The predicted molar refractivity (Wildman–Crippen MR) is 73.3 cm³/mol. The number of alkyl halides is 3. The molecule has 0 bridgehead atoms. The van der Waals surface area contributed by atoms with E-state index in [0.717, 1.165) is 0 Å². The lowest BCUT2D eigenvalue weighted by atomic mass is 10.00. The number of nitrogens with one attached hydrogen (secondary N) is 1. The molecule has 1 saturated heterocycles. The molecule has 18 heavy (non-hydrogen) atoms. The molecule has 2 N–H and O–H groups in total. The maximum absolute atomic E-state index is 10.4. The van der Waals surface area contributed by atoms with E-state index in [4.69, 9.17) is 62.8 Å². The minimum Gasteiger partial charge on any atom is -0.361 e. The van der Waals surface area contributed by atoms with Crippen LogP contribution in [0.3, 0.4) is 0 Å². The Morgan fingerprint density at radius 1 is 1.33 bits per heavy atom. The Balaban J connectivity index is 2.28. The van der Waals surface area contributed by atoms with E-state index >= 15 is 0 Å². The number of aliphatic hydroxyl groups is 1. The Kier molecular flexibility index (Phi) is 4.28. The smallest absolute Gasteiger partial charge is 0.214 e. The molecule has 0 unspecified atom stereocenters. The third kappa shape index (κ3) is 3.00. The maximum atomic E-state index is 10.4. The van der Waals surface area contributed by atoms with Gasteiger partial charge >= 0.3 is 0 Å². The number of halogens is 5. The minimum absolute atomic E-state index is 0.0465. The van der Waals surface area contributed by atoms with Crippen LogP contribution in [-0.2, 0) is 10.6 Å². The van der Waals surface area contributed by atoms with Crippen LogP contribution < -0.4 is 5.48 Å². The van der Waals surface area contributed by atoms with E-state index < -0.39 is 15.6 Å². The number of hydrogen-bond acceptors (Lipinski definition) is 3. The van der Waals surface area contributed by atoms with E-state index in [1.165, 1.54) is 6.07 Å². The maximum Gasteiger partial charge on any atom is 0.214 e. The first kappa shape index (κ1) is 14.9. The van der Waals surface area contributed by atoms with Gasteiger partial charge in [-0.1, -0.05) is 64.1 Å². The van der Waals surface area contributed by atoms with Crippen molar-refractivity contribution >= 4 is 58.0 Å². The Morgan fingerprint density at radius 2 is 2.00 bits per heavy atom. The van der Waals surface area contributed by atoms with Gasteiger partial charge in [0.15, 0.2) is 0 Å². The summed E-state index contributed by atoms with van der Waals surface area (Å²) in [5.74, 6) is -1.66. The van der Waals surface area contributed by atoms with E-state index in [1.54, 1.807) is 12.1 Å². The zero-order chi connectivity index (χ0) is 13.6. The number of hydroxylamine groups is 1. The number of rotatable bonds is 1. The lowest BCUT2D eigenvalue weighted by Crippen LogP contribution is -2.33. The Morgan fingerprint density at radius 3 is 2.50 bits per heavy atom. The molecule has 100 valence electrons. The van der Waals surface area contributed by atoms with Crippen LogP contribution in [0.5, 0.6) is 0 Å². The molecule has 2 atom stereocenters. The molecule has 0 aliphatic carbocycles. The van der Waals surface area contributed by atoms with Crippen LogP contribution in [0.4, 0.5) is 0 Å². The van der Waals surface area contributed by atoms with Gasteiger partial charge in [-0.3, -0.25) is 4.84 Å². The first-order valence-electron chi connectivity index (χ1n) is 4.90. The topological polar surface area (TPSA) is 41.5 Å². The largest absolute Gasteiger partial charge is 0.361 e. The zero-order valence-electron chi connectivity index (χ0n) is 8.76. The van der Waals surface area contributed by atoms with Crippen molar-refractivity contribution < 1.29 is 9.94 Å². The van der Waals surface area contributed by atoms with Crippen LogP contribution in [0.1, 0.15) is 12.0 Å².